The molecule has 0 fully saturated rings. The number of Topliss-reactive ketones (excluding diaryl/α,β-unsaturated/α-hetero) is 1. The van der Waals surface area contributed by atoms with Gasteiger partial charge in [0.25, 0.3) is 0 Å². The third-order valence-corrected chi connectivity index (χ3v) is 5.13. The van der Waals surface area contributed by atoms with Gasteiger partial charge in [-0.15, -0.1) is 0 Å². The summed E-state index contributed by atoms with van der Waals surface area (Å²) in [7, 11) is 4.52. The highest BCUT2D eigenvalue weighted by Gasteiger charge is 2.29. The van der Waals surface area contributed by atoms with Gasteiger partial charge in [0, 0.05) is 11.3 Å². The number of esters is 1. The van der Waals surface area contributed by atoms with E-state index >= 15 is 0 Å². The number of likely N-dealkylation sites (N-methyl/N-ethyl adjacent to an activating group) is 1. The van der Waals surface area contributed by atoms with Crippen molar-refractivity contribution in [2.45, 2.75) is 40.0 Å². The summed E-state index contributed by atoms with van der Waals surface area (Å²) in [5, 5.41) is 0. The van der Waals surface area contributed by atoms with E-state index in [0.29, 0.717) is 29.1 Å². The average molecular weight is 425 g/mol. The van der Waals surface area contributed by atoms with Gasteiger partial charge in [-0.05, 0) is 44.5 Å². The van der Waals surface area contributed by atoms with Crippen molar-refractivity contribution in [3.63, 3.8) is 0 Å². The fourth-order valence-corrected chi connectivity index (χ4v) is 3.34. The van der Waals surface area contributed by atoms with E-state index in [1.807, 2.05) is 7.05 Å². The topological polar surface area (TPSA) is 82.1 Å². The van der Waals surface area contributed by atoms with Crippen LogP contribution in [-0.4, -0.2) is 50.7 Å². The zero-order valence-corrected chi connectivity index (χ0v) is 17.9. The Balaban J connectivity index is 2.19. The Labute approximate surface area is 173 Å². The highest BCUT2D eigenvalue weighted by Crippen LogP contribution is 2.29. The molecule has 2 atom stereocenters. The maximum Gasteiger partial charge on any atom is 0.387 e. The molecule has 0 aliphatic carbocycles. The lowest BCUT2D eigenvalue weighted by Crippen LogP contribution is -3.12. The highest BCUT2D eigenvalue weighted by atomic mass is 19.3. The van der Waals surface area contributed by atoms with Crippen LogP contribution in [0.1, 0.15) is 44.6 Å². The number of methoxy groups -OCH3 is 2. The fraction of sp³-hybridized carbons (Fsp3) is 0.429. The Morgan fingerprint density at radius 2 is 1.83 bits per heavy atom. The van der Waals surface area contributed by atoms with Gasteiger partial charge in [0.1, 0.15) is 6.54 Å². The first kappa shape index (κ1) is 23.3. The number of nitrogens with one attached hydrogen (secondary N) is 2. The van der Waals surface area contributed by atoms with Crippen molar-refractivity contribution in [2.75, 3.05) is 21.3 Å². The van der Waals surface area contributed by atoms with E-state index in [-0.39, 0.29) is 17.3 Å². The first-order valence-electron chi connectivity index (χ1n) is 9.36. The van der Waals surface area contributed by atoms with Crippen molar-refractivity contribution in [1.82, 2.24) is 4.98 Å². The lowest BCUT2D eigenvalue weighted by atomic mass is 10.0. The Morgan fingerprint density at radius 3 is 2.40 bits per heavy atom. The first-order valence-corrected chi connectivity index (χ1v) is 9.36. The predicted octanol–water partition coefficient (Wildman–Crippen LogP) is 2.31. The molecule has 0 radical (unpaired) electrons. The zero-order valence-electron chi connectivity index (χ0n) is 17.9. The monoisotopic (exact) mass is 425 g/mol. The van der Waals surface area contributed by atoms with Gasteiger partial charge >= 0.3 is 12.6 Å². The van der Waals surface area contributed by atoms with E-state index in [0.717, 1.165) is 10.5 Å². The number of alkyl halides is 2. The predicted molar refractivity (Wildman–Crippen MR) is 106 cm³/mol. The molecule has 164 valence electrons. The second kappa shape index (κ2) is 9.71. The number of aromatic nitrogens is 1. The van der Waals surface area contributed by atoms with Crippen LogP contribution in [0.25, 0.3) is 0 Å². The summed E-state index contributed by atoms with van der Waals surface area (Å²) in [6.07, 6.45) is 0. The molecule has 0 amide bonds. The van der Waals surface area contributed by atoms with Gasteiger partial charge in [0.05, 0.1) is 32.5 Å². The summed E-state index contributed by atoms with van der Waals surface area (Å²) in [6, 6.07) is 4.24. The van der Waals surface area contributed by atoms with Gasteiger partial charge in [-0.3, -0.25) is 4.79 Å². The largest absolute Gasteiger partial charge is 0.493 e. The van der Waals surface area contributed by atoms with E-state index < -0.39 is 18.6 Å². The molecule has 9 heteroatoms. The quantitative estimate of drug-likeness (QED) is 0.476. The third-order valence-electron chi connectivity index (χ3n) is 5.13. The van der Waals surface area contributed by atoms with Gasteiger partial charge in [-0.1, -0.05) is 0 Å². The summed E-state index contributed by atoms with van der Waals surface area (Å²) in [5.41, 5.74) is 2.66. The number of hydrogen-bond donors (Lipinski definition) is 2. The molecule has 30 heavy (non-hydrogen) atoms. The summed E-state index contributed by atoms with van der Waals surface area (Å²) in [5.74, 6) is -0.497. The Morgan fingerprint density at radius 1 is 1.17 bits per heavy atom. The number of ketones is 1. The maximum absolute atomic E-state index is 13.0. The van der Waals surface area contributed by atoms with E-state index in [1.54, 1.807) is 32.9 Å². The number of halogens is 2. The number of H-pyrrole nitrogens is 1. The Kier molecular flexibility index (Phi) is 7.55. The fourth-order valence-electron chi connectivity index (χ4n) is 3.34. The van der Waals surface area contributed by atoms with Gasteiger partial charge < -0.3 is 24.1 Å². The SMILES string of the molecule is COC(=O)c1c(C)[nH]c(C(=O)[C@H](C)[NH+](C)Cc2ccc(OC(F)F)c(OC)c2)c1C. The van der Waals surface area contributed by atoms with Crippen LogP contribution < -0.4 is 14.4 Å². The van der Waals surface area contributed by atoms with Crippen molar-refractivity contribution < 1.29 is 37.5 Å². The van der Waals surface area contributed by atoms with Crippen molar-refractivity contribution in [3.05, 3.63) is 46.3 Å². The van der Waals surface area contributed by atoms with Crippen molar-refractivity contribution in [3.8, 4) is 11.5 Å². The maximum atomic E-state index is 13.0. The number of benzene rings is 1. The molecule has 1 heterocycles. The molecular formula is C21H27F2N2O5+. The molecule has 2 aromatic rings. The van der Waals surface area contributed by atoms with Crippen LogP contribution in [0.15, 0.2) is 18.2 Å². The summed E-state index contributed by atoms with van der Waals surface area (Å²) < 4.78 is 39.3. The van der Waals surface area contributed by atoms with Crippen LogP contribution >= 0.6 is 0 Å². The molecular weight excluding hydrogens is 398 g/mol. The third kappa shape index (κ3) is 4.96. The molecule has 0 spiro atoms. The smallest absolute Gasteiger partial charge is 0.387 e. The molecule has 0 saturated heterocycles. The molecule has 2 N–H and O–H groups in total. The molecule has 1 unspecified atom stereocenters. The number of quaternary nitrogens is 1. The molecule has 0 aliphatic heterocycles. The summed E-state index contributed by atoms with van der Waals surface area (Å²) in [6.45, 7) is 2.71. The molecule has 2 rings (SSSR count). The van der Waals surface area contributed by atoms with Crippen LogP contribution in [-0.2, 0) is 11.3 Å². The van der Waals surface area contributed by atoms with Crippen molar-refractivity contribution in [1.29, 1.82) is 0 Å². The average Bonchev–Trinajstić information content (AvgIpc) is 3.00. The lowest BCUT2D eigenvalue weighted by molar-refractivity contribution is -0.907. The molecule has 1 aromatic carbocycles. The molecule has 1 aromatic heterocycles. The van der Waals surface area contributed by atoms with Crippen molar-refractivity contribution >= 4 is 11.8 Å². The number of ether oxygens (including phenoxy) is 3. The minimum atomic E-state index is -2.95. The highest BCUT2D eigenvalue weighted by molar-refractivity contribution is 6.03. The zero-order chi connectivity index (χ0) is 22.6. The van der Waals surface area contributed by atoms with Gasteiger partial charge in [-0.2, -0.15) is 8.78 Å². The van der Waals surface area contributed by atoms with Crippen LogP contribution in [0.4, 0.5) is 8.78 Å². The van der Waals surface area contributed by atoms with Gasteiger partial charge in [-0.25, -0.2) is 4.79 Å². The number of aromatic amines is 1. The standard InChI is InChI=1S/C21H26F2N2O5/c1-11-17(20(27)29-6)12(2)24-18(11)19(26)13(3)25(4)10-14-7-8-15(30-21(22)23)16(9-14)28-5/h7-9,13,21,24H,10H2,1-6H3/p+1/t13-/m0/s1. The van der Waals surface area contributed by atoms with E-state index in [9.17, 15) is 18.4 Å². The first-order chi connectivity index (χ1) is 14.1. The Hall–Kier alpha value is -2.94. The number of carbonyl (C=O) groups excluding carboxylic acids is 2. The van der Waals surface area contributed by atoms with Gasteiger partial charge in [0.2, 0.25) is 5.78 Å². The Bertz CT molecular complexity index is 926. The summed E-state index contributed by atoms with van der Waals surface area (Å²) in [4.78, 5) is 28.9. The molecule has 0 saturated carbocycles. The number of carbonyl (C=O) groups is 2. The van der Waals surface area contributed by atoms with Crippen molar-refractivity contribution in [2.24, 2.45) is 0 Å². The van der Waals surface area contributed by atoms with Crippen LogP contribution in [0.5, 0.6) is 11.5 Å². The second-order valence-corrected chi connectivity index (χ2v) is 7.09. The summed E-state index contributed by atoms with van der Waals surface area (Å²) >= 11 is 0. The minimum Gasteiger partial charge on any atom is -0.493 e. The van der Waals surface area contributed by atoms with E-state index in [1.165, 1.54) is 20.3 Å². The van der Waals surface area contributed by atoms with E-state index in [4.69, 9.17) is 9.47 Å². The molecule has 0 aliphatic rings. The number of rotatable bonds is 9. The second-order valence-electron chi connectivity index (χ2n) is 7.09. The van der Waals surface area contributed by atoms with Crippen LogP contribution in [0.3, 0.4) is 0 Å². The van der Waals surface area contributed by atoms with Crippen LogP contribution in [0, 0.1) is 13.8 Å². The molecule has 7 nitrogen and oxygen atoms in total. The normalized spacial score (nSPS) is 13.1. The van der Waals surface area contributed by atoms with E-state index in [2.05, 4.69) is 9.72 Å². The van der Waals surface area contributed by atoms with Crippen LogP contribution in [0.2, 0.25) is 0 Å². The minimum absolute atomic E-state index is 0.0501. The van der Waals surface area contributed by atoms with Gasteiger partial charge in [0.15, 0.2) is 17.5 Å². The number of aryl methyl sites for hydroxylation is 1. The lowest BCUT2D eigenvalue weighted by Gasteiger charge is -2.21. The molecule has 0 bridgehead atoms. The number of hydrogen-bond acceptors (Lipinski definition) is 5.